The first kappa shape index (κ1) is 12.3. The van der Waals surface area contributed by atoms with E-state index in [0.29, 0.717) is 0 Å². The van der Waals surface area contributed by atoms with E-state index in [2.05, 4.69) is 17.1 Å². The van der Waals surface area contributed by atoms with Crippen molar-refractivity contribution < 1.29 is 9.53 Å². The number of hydrazine groups is 1. The Balaban J connectivity index is 1.90. The number of para-hydroxylation sites is 1. The highest BCUT2D eigenvalue weighted by molar-refractivity contribution is 5.98. The maximum atomic E-state index is 12.2. The number of rotatable bonds is 1. The molecule has 0 aliphatic carbocycles. The summed E-state index contributed by atoms with van der Waals surface area (Å²) in [7, 11) is 1.67. The number of fused-ring (bicyclic) bond motifs is 5. The first-order valence-electron chi connectivity index (χ1n) is 7.06. The molecule has 2 aromatic rings. The zero-order chi connectivity index (χ0) is 14.6. The Morgan fingerprint density at radius 2 is 2.00 bits per heavy atom. The lowest BCUT2D eigenvalue weighted by Crippen LogP contribution is -2.41. The Morgan fingerprint density at radius 3 is 2.76 bits per heavy atom. The Kier molecular flexibility index (Phi) is 2.48. The number of methoxy groups -OCH3 is 1. The fourth-order valence-corrected chi connectivity index (χ4v) is 3.42. The molecular formula is C17H16N2O2. The van der Waals surface area contributed by atoms with Crippen LogP contribution in [-0.2, 0) is 11.2 Å². The van der Waals surface area contributed by atoms with Gasteiger partial charge >= 0.3 is 0 Å². The number of ether oxygens (including phenoxy) is 1. The number of hydrogen-bond acceptors (Lipinski definition) is 3. The summed E-state index contributed by atoms with van der Waals surface area (Å²) in [4.78, 5) is 12.2. The standard InChI is InChI=1S/C17H16N2O2/c1-11(20)18-16-8-7-13(21-2)10-14(16)17-9-12-5-3-4-6-15(12)19(17)18/h3-8,10,17H,9H2,1-2H3. The van der Waals surface area contributed by atoms with E-state index >= 15 is 0 Å². The van der Waals surface area contributed by atoms with Gasteiger partial charge < -0.3 is 4.74 Å². The van der Waals surface area contributed by atoms with Gasteiger partial charge in [-0.1, -0.05) is 18.2 Å². The van der Waals surface area contributed by atoms with Crippen molar-refractivity contribution in [3.63, 3.8) is 0 Å². The van der Waals surface area contributed by atoms with Crippen molar-refractivity contribution in [2.75, 3.05) is 17.1 Å². The normalized spacial score (nSPS) is 18.3. The molecule has 21 heavy (non-hydrogen) atoms. The molecule has 2 aliphatic heterocycles. The monoisotopic (exact) mass is 280 g/mol. The SMILES string of the molecule is COc1ccc2c(c1)C1Cc3ccccc3N1N2C(C)=O. The third kappa shape index (κ3) is 1.59. The Bertz CT molecular complexity index is 741. The van der Waals surface area contributed by atoms with Gasteiger partial charge in [-0.3, -0.25) is 9.80 Å². The number of carbonyl (C=O) groups is 1. The predicted octanol–water partition coefficient (Wildman–Crippen LogP) is 3.08. The molecule has 0 bridgehead atoms. The summed E-state index contributed by atoms with van der Waals surface area (Å²) < 4.78 is 5.34. The second kappa shape index (κ2) is 4.25. The molecule has 0 fully saturated rings. The highest BCUT2D eigenvalue weighted by atomic mass is 16.5. The molecule has 4 nitrogen and oxygen atoms in total. The molecule has 4 heteroatoms. The van der Waals surface area contributed by atoms with Crippen LogP contribution in [-0.4, -0.2) is 13.0 Å². The number of carbonyl (C=O) groups excluding carboxylic acids is 1. The van der Waals surface area contributed by atoms with Gasteiger partial charge in [-0.2, -0.15) is 0 Å². The molecule has 0 spiro atoms. The Morgan fingerprint density at radius 1 is 1.19 bits per heavy atom. The van der Waals surface area contributed by atoms with Gasteiger partial charge in [0.25, 0.3) is 0 Å². The largest absolute Gasteiger partial charge is 0.497 e. The van der Waals surface area contributed by atoms with Gasteiger partial charge in [0.15, 0.2) is 0 Å². The summed E-state index contributed by atoms with van der Waals surface area (Å²) in [5.74, 6) is 0.857. The highest BCUT2D eigenvalue weighted by Gasteiger charge is 2.43. The van der Waals surface area contributed by atoms with Crippen LogP contribution >= 0.6 is 0 Å². The molecule has 106 valence electrons. The van der Waals surface area contributed by atoms with E-state index in [4.69, 9.17) is 4.74 Å². The summed E-state index contributed by atoms with van der Waals surface area (Å²) in [6.07, 6.45) is 0.917. The average Bonchev–Trinajstić information content (AvgIpc) is 3.01. The molecule has 0 radical (unpaired) electrons. The third-order valence-electron chi connectivity index (χ3n) is 4.28. The van der Waals surface area contributed by atoms with Gasteiger partial charge in [0.2, 0.25) is 5.91 Å². The molecule has 2 aromatic carbocycles. The van der Waals surface area contributed by atoms with E-state index in [0.717, 1.165) is 29.1 Å². The summed E-state index contributed by atoms with van der Waals surface area (Å²) >= 11 is 0. The van der Waals surface area contributed by atoms with Crippen LogP contribution in [0.4, 0.5) is 11.4 Å². The highest BCUT2D eigenvalue weighted by Crippen LogP contribution is 2.50. The van der Waals surface area contributed by atoms with Gasteiger partial charge in [-0.15, -0.1) is 0 Å². The number of anilines is 2. The fourth-order valence-electron chi connectivity index (χ4n) is 3.42. The third-order valence-corrected chi connectivity index (χ3v) is 4.28. The summed E-state index contributed by atoms with van der Waals surface area (Å²) in [6.45, 7) is 1.61. The minimum atomic E-state index is 0.0284. The van der Waals surface area contributed by atoms with Crippen LogP contribution in [0, 0.1) is 0 Å². The van der Waals surface area contributed by atoms with Crippen LogP contribution in [0.2, 0.25) is 0 Å². The second-order valence-corrected chi connectivity index (χ2v) is 5.45. The van der Waals surface area contributed by atoms with Crippen molar-refractivity contribution in [3.05, 3.63) is 53.6 Å². The number of benzene rings is 2. The number of amides is 1. The topological polar surface area (TPSA) is 32.8 Å². The average molecular weight is 280 g/mol. The van der Waals surface area contributed by atoms with Crippen LogP contribution in [0.1, 0.15) is 24.1 Å². The molecule has 1 atom stereocenters. The van der Waals surface area contributed by atoms with Crippen LogP contribution in [0.5, 0.6) is 5.75 Å². The second-order valence-electron chi connectivity index (χ2n) is 5.45. The molecule has 1 unspecified atom stereocenters. The van der Waals surface area contributed by atoms with E-state index < -0.39 is 0 Å². The fraction of sp³-hybridized carbons (Fsp3) is 0.235. The number of hydrogen-bond donors (Lipinski definition) is 0. The zero-order valence-electron chi connectivity index (χ0n) is 12.0. The lowest BCUT2D eigenvalue weighted by Gasteiger charge is -2.29. The Labute approximate surface area is 123 Å². The van der Waals surface area contributed by atoms with Crippen molar-refractivity contribution in [1.29, 1.82) is 0 Å². The van der Waals surface area contributed by atoms with Crippen molar-refractivity contribution in [2.45, 2.75) is 19.4 Å². The van der Waals surface area contributed by atoms with Crippen LogP contribution < -0.4 is 14.8 Å². The molecule has 0 saturated heterocycles. The van der Waals surface area contributed by atoms with Gasteiger partial charge in [-0.25, -0.2) is 5.01 Å². The summed E-state index contributed by atoms with van der Waals surface area (Å²) in [5.41, 5.74) is 4.51. The van der Waals surface area contributed by atoms with Crippen LogP contribution in [0.25, 0.3) is 0 Å². The van der Waals surface area contributed by atoms with Crippen molar-refractivity contribution in [1.82, 2.24) is 0 Å². The van der Waals surface area contributed by atoms with E-state index in [1.165, 1.54) is 5.56 Å². The minimum absolute atomic E-state index is 0.0284. The van der Waals surface area contributed by atoms with Gasteiger partial charge in [0, 0.05) is 18.9 Å². The van der Waals surface area contributed by atoms with Crippen molar-refractivity contribution in [2.24, 2.45) is 0 Å². The van der Waals surface area contributed by atoms with Gasteiger partial charge in [0.1, 0.15) is 5.75 Å². The molecular weight excluding hydrogens is 264 g/mol. The van der Waals surface area contributed by atoms with E-state index in [9.17, 15) is 4.79 Å². The van der Waals surface area contributed by atoms with E-state index in [-0.39, 0.29) is 11.9 Å². The zero-order valence-corrected chi connectivity index (χ0v) is 12.0. The van der Waals surface area contributed by atoms with E-state index in [1.54, 1.807) is 19.0 Å². The van der Waals surface area contributed by atoms with Crippen LogP contribution in [0.15, 0.2) is 42.5 Å². The molecule has 4 rings (SSSR count). The molecule has 2 aliphatic rings. The smallest absolute Gasteiger partial charge is 0.242 e. The lowest BCUT2D eigenvalue weighted by atomic mass is 10.0. The first-order valence-corrected chi connectivity index (χ1v) is 7.06. The summed E-state index contributed by atoms with van der Waals surface area (Å²) in [6, 6.07) is 14.4. The first-order chi connectivity index (χ1) is 10.2. The predicted molar refractivity (Wildman–Crippen MR) is 81.5 cm³/mol. The summed E-state index contributed by atoms with van der Waals surface area (Å²) in [5, 5.41) is 3.90. The van der Waals surface area contributed by atoms with Crippen LogP contribution in [0.3, 0.4) is 0 Å². The van der Waals surface area contributed by atoms with Gasteiger partial charge in [-0.05, 0) is 29.8 Å². The molecule has 0 saturated carbocycles. The van der Waals surface area contributed by atoms with Gasteiger partial charge in [0.05, 0.1) is 24.5 Å². The minimum Gasteiger partial charge on any atom is -0.497 e. The molecule has 2 heterocycles. The molecule has 1 amide bonds. The maximum absolute atomic E-state index is 12.2. The molecule has 0 aromatic heterocycles. The Hall–Kier alpha value is -2.49. The van der Waals surface area contributed by atoms with Crippen molar-refractivity contribution in [3.8, 4) is 5.75 Å². The quantitative estimate of drug-likeness (QED) is 0.804. The number of nitrogens with zero attached hydrogens (tertiary/aromatic N) is 2. The lowest BCUT2D eigenvalue weighted by molar-refractivity contribution is -0.116. The van der Waals surface area contributed by atoms with Crippen molar-refractivity contribution >= 4 is 17.3 Å². The molecule has 0 N–H and O–H groups in total. The maximum Gasteiger partial charge on any atom is 0.242 e. The van der Waals surface area contributed by atoms with E-state index in [1.807, 2.05) is 30.3 Å².